The van der Waals surface area contributed by atoms with Crippen LogP contribution in [0.15, 0.2) is 10.5 Å². The number of rotatable bonds is 6. The number of esters is 1. The maximum atomic E-state index is 11.0. The number of aryl methyl sites for hydroxylation is 1. The smallest absolute Gasteiger partial charge is 0.307 e. The van der Waals surface area contributed by atoms with E-state index in [0.29, 0.717) is 19.6 Å². The van der Waals surface area contributed by atoms with Crippen LogP contribution in [-0.4, -0.2) is 19.1 Å². The van der Waals surface area contributed by atoms with Crippen LogP contribution in [0.1, 0.15) is 23.1 Å². The number of carbonyl (C=O) groups is 1. The minimum absolute atomic E-state index is 0.140. The molecule has 0 amide bonds. The zero-order chi connectivity index (χ0) is 12.0. The average Bonchev–Trinajstić information content (AvgIpc) is 2.54. The Morgan fingerprint density at radius 2 is 2.38 bits per heavy atom. The van der Waals surface area contributed by atoms with Gasteiger partial charge in [-0.15, -0.1) is 11.3 Å². The summed E-state index contributed by atoms with van der Waals surface area (Å²) in [5.74, 6) is -0.140. The monoisotopic (exact) mass is 305 g/mol. The first kappa shape index (κ1) is 13.7. The molecule has 0 aliphatic carbocycles. The molecular weight excluding hydrogens is 290 g/mol. The lowest BCUT2D eigenvalue weighted by Crippen LogP contribution is -2.18. The van der Waals surface area contributed by atoms with E-state index in [-0.39, 0.29) is 5.97 Å². The highest BCUT2D eigenvalue weighted by atomic mass is 79.9. The summed E-state index contributed by atoms with van der Waals surface area (Å²) in [5, 5.41) is 3.22. The average molecular weight is 306 g/mol. The second-order valence-electron chi connectivity index (χ2n) is 3.35. The lowest BCUT2D eigenvalue weighted by molar-refractivity contribution is -0.142. The first-order valence-electron chi connectivity index (χ1n) is 5.24. The summed E-state index contributed by atoms with van der Waals surface area (Å²) in [5.41, 5.74) is 0. The highest BCUT2D eigenvalue weighted by molar-refractivity contribution is 9.10. The first-order valence-corrected chi connectivity index (χ1v) is 6.85. The lowest BCUT2D eigenvalue weighted by atomic mass is 10.4. The molecule has 0 saturated heterocycles. The third-order valence-corrected chi connectivity index (χ3v) is 4.16. The van der Waals surface area contributed by atoms with Crippen LogP contribution < -0.4 is 5.32 Å². The normalized spacial score (nSPS) is 10.4. The fraction of sp³-hybridized carbons (Fsp3) is 0.545. The van der Waals surface area contributed by atoms with Crippen molar-refractivity contribution in [1.82, 2.24) is 5.32 Å². The molecular formula is C11H16BrNO2S. The van der Waals surface area contributed by atoms with Gasteiger partial charge in [-0.3, -0.25) is 4.79 Å². The van der Waals surface area contributed by atoms with Crippen molar-refractivity contribution in [3.8, 4) is 0 Å². The Balaban J connectivity index is 2.18. The van der Waals surface area contributed by atoms with Crippen LogP contribution in [0.5, 0.6) is 0 Å². The molecule has 0 radical (unpaired) electrons. The van der Waals surface area contributed by atoms with Gasteiger partial charge in [0.1, 0.15) is 0 Å². The van der Waals surface area contributed by atoms with Crippen LogP contribution in [-0.2, 0) is 16.1 Å². The molecule has 0 aliphatic heterocycles. The van der Waals surface area contributed by atoms with Gasteiger partial charge < -0.3 is 10.1 Å². The maximum Gasteiger partial charge on any atom is 0.307 e. The SMILES string of the molecule is CCOC(=O)CCNCc1cc(Br)c(C)s1. The van der Waals surface area contributed by atoms with Gasteiger partial charge in [0.2, 0.25) is 0 Å². The number of carbonyl (C=O) groups excluding carboxylic acids is 1. The molecule has 90 valence electrons. The van der Waals surface area contributed by atoms with E-state index in [2.05, 4.69) is 34.2 Å². The van der Waals surface area contributed by atoms with Gasteiger partial charge in [0.05, 0.1) is 13.0 Å². The second-order valence-corrected chi connectivity index (χ2v) is 5.54. The molecule has 0 unspecified atom stereocenters. The van der Waals surface area contributed by atoms with Crippen LogP contribution in [0.4, 0.5) is 0 Å². The summed E-state index contributed by atoms with van der Waals surface area (Å²) in [6.45, 7) is 5.81. The zero-order valence-electron chi connectivity index (χ0n) is 9.51. The van der Waals surface area contributed by atoms with Gasteiger partial charge >= 0.3 is 5.97 Å². The molecule has 0 atom stereocenters. The Morgan fingerprint density at radius 1 is 1.62 bits per heavy atom. The van der Waals surface area contributed by atoms with E-state index in [1.165, 1.54) is 9.75 Å². The topological polar surface area (TPSA) is 38.3 Å². The number of halogens is 1. The molecule has 1 aromatic heterocycles. The molecule has 1 heterocycles. The highest BCUT2D eigenvalue weighted by Crippen LogP contribution is 2.25. The lowest BCUT2D eigenvalue weighted by Gasteiger charge is -2.02. The van der Waals surface area contributed by atoms with Crippen LogP contribution >= 0.6 is 27.3 Å². The van der Waals surface area contributed by atoms with Crippen molar-refractivity contribution in [3.05, 3.63) is 20.3 Å². The molecule has 1 rings (SSSR count). The van der Waals surface area contributed by atoms with E-state index in [0.717, 1.165) is 11.0 Å². The van der Waals surface area contributed by atoms with Crippen molar-refractivity contribution in [2.24, 2.45) is 0 Å². The van der Waals surface area contributed by atoms with Gasteiger partial charge in [-0.05, 0) is 35.8 Å². The summed E-state index contributed by atoms with van der Waals surface area (Å²) < 4.78 is 5.99. The van der Waals surface area contributed by atoms with Crippen molar-refractivity contribution < 1.29 is 9.53 Å². The van der Waals surface area contributed by atoms with E-state index in [1.54, 1.807) is 11.3 Å². The number of ether oxygens (including phenoxy) is 1. The summed E-state index contributed by atoms with van der Waals surface area (Å²) in [7, 11) is 0. The van der Waals surface area contributed by atoms with Crippen LogP contribution in [0.25, 0.3) is 0 Å². The van der Waals surface area contributed by atoms with Gasteiger partial charge in [0.25, 0.3) is 0 Å². The largest absolute Gasteiger partial charge is 0.466 e. The van der Waals surface area contributed by atoms with Gasteiger partial charge in [-0.1, -0.05) is 0 Å². The Labute approximate surface area is 108 Å². The highest BCUT2D eigenvalue weighted by Gasteiger charge is 2.03. The molecule has 0 aliphatic rings. The van der Waals surface area contributed by atoms with Crippen molar-refractivity contribution in [3.63, 3.8) is 0 Å². The van der Waals surface area contributed by atoms with E-state index in [4.69, 9.17) is 4.74 Å². The van der Waals surface area contributed by atoms with Crippen molar-refractivity contribution in [1.29, 1.82) is 0 Å². The van der Waals surface area contributed by atoms with E-state index in [9.17, 15) is 4.79 Å². The van der Waals surface area contributed by atoms with Crippen molar-refractivity contribution >= 4 is 33.2 Å². The van der Waals surface area contributed by atoms with Crippen LogP contribution in [0.2, 0.25) is 0 Å². The zero-order valence-corrected chi connectivity index (χ0v) is 11.9. The molecule has 1 N–H and O–H groups in total. The standard InChI is InChI=1S/C11H16BrNO2S/c1-3-15-11(14)4-5-13-7-9-6-10(12)8(2)16-9/h6,13H,3-5,7H2,1-2H3. The van der Waals surface area contributed by atoms with Gasteiger partial charge in [-0.25, -0.2) is 0 Å². The van der Waals surface area contributed by atoms with E-state index < -0.39 is 0 Å². The Kier molecular flexibility index (Phi) is 6.01. The van der Waals surface area contributed by atoms with E-state index in [1.807, 2.05) is 6.92 Å². The fourth-order valence-electron chi connectivity index (χ4n) is 1.24. The summed E-state index contributed by atoms with van der Waals surface area (Å²) in [6, 6.07) is 2.11. The summed E-state index contributed by atoms with van der Waals surface area (Å²) in [6.07, 6.45) is 0.430. The Hall–Kier alpha value is -0.390. The summed E-state index contributed by atoms with van der Waals surface area (Å²) >= 11 is 5.24. The predicted octanol–water partition coefficient (Wildman–Crippen LogP) is 2.86. The molecule has 0 saturated carbocycles. The quantitative estimate of drug-likeness (QED) is 0.649. The number of thiophene rings is 1. The Bertz CT molecular complexity index is 332. The molecule has 0 aromatic carbocycles. The fourth-order valence-corrected chi connectivity index (χ4v) is 2.81. The minimum Gasteiger partial charge on any atom is -0.466 e. The van der Waals surface area contributed by atoms with Gasteiger partial charge in [0.15, 0.2) is 0 Å². The third-order valence-electron chi connectivity index (χ3n) is 2.02. The molecule has 16 heavy (non-hydrogen) atoms. The molecule has 0 bridgehead atoms. The molecule has 0 spiro atoms. The van der Waals surface area contributed by atoms with E-state index >= 15 is 0 Å². The van der Waals surface area contributed by atoms with Crippen molar-refractivity contribution in [2.45, 2.75) is 26.8 Å². The molecule has 1 aromatic rings. The first-order chi connectivity index (χ1) is 7.63. The van der Waals surface area contributed by atoms with Crippen molar-refractivity contribution in [2.75, 3.05) is 13.2 Å². The predicted molar refractivity (Wildman–Crippen MR) is 69.7 cm³/mol. The number of hydrogen-bond donors (Lipinski definition) is 1. The maximum absolute atomic E-state index is 11.0. The number of nitrogens with one attached hydrogen (secondary N) is 1. The summed E-state index contributed by atoms with van der Waals surface area (Å²) in [4.78, 5) is 13.6. The molecule has 0 fully saturated rings. The third kappa shape index (κ3) is 4.63. The number of hydrogen-bond acceptors (Lipinski definition) is 4. The van der Waals surface area contributed by atoms with Crippen LogP contribution in [0, 0.1) is 6.92 Å². The molecule has 3 nitrogen and oxygen atoms in total. The van der Waals surface area contributed by atoms with Crippen LogP contribution in [0.3, 0.4) is 0 Å². The Morgan fingerprint density at radius 3 is 2.94 bits per heavy atom. The minimum atomic E-state index is -0.140. The van der Waals surface area contributed by atoms with Gasteiger partial charge in [-0.2, -0.15) is 0 Å². The van der Waals surface area contributed by atoms with Gasteiger partial charge in [0, 0.05) is 27.3 Å². The molecule has 5 heteroatoms. The second kappa shape index (κ2) is 7.04.